The number of benzene rings is 2. The van der Waals surface area contributed by atoms with Gasteiger partial charge in [-0.2, -0.15) is 0 Å². The average Bonchev–Trinajstić information content (AvgIpc) is 3.01. The number of hydrogen-bond donors (Lipinski definition) is 1. The Morgan fingerprint density at radius 3 is 2.56 bits per heavy atom. The molecule has 5 heteroatoms. The fourth-order valence-corrected chi connectivity index (χ4v) is 2.80. The highest BCUT2D eigenvalue weighted by Gasteiger charge is 2.19. The highest BCUT2D eigenvalue weighted by atomic mass is 16.5. The lowest BCUT2D eigenvalue weighted by molar-refractivity contribution is -0.115. The van der Waals surface area contributed by atoms with E-state index in [4.69, 9.17) is 9.47 Å². The van der Waals surface area contributed by atoms with Crippen LogP contribution < -0.4 is 14.8 Å². The van der Waals surface area contributed by atoms with Crippen LogP contribution >= 0.6 is 0 Å². The molecule has 140 valence electrons. The Bertz CT molecular complexity index is 867. The zero-order valence-corrected chi connectivity index (χ0v) is 15.9. The summed E-state index contributed by atoms with van der Waals surface area (Å²) < 4.78 is 10.9. The molecule has 0 saturated carbocycles. The molecular formula is C22H24N2O3. The summed E-state index contributed by atoms with van der Waals surface area (Å²) in [6, 6.07) is 15.5. The number of nitrogens with zero attached hydrogens (tertiary/aromatic N) is 1. The second-order valence-electron chi connectivity index (χ2n) is 6.63. The maximum atomic E-state index is 12.2. The van der Waals surface area contributed by atoms with Crippen LogP contribution in [0.1, 0.15) is 31.4 Å². The summed E-state index contributed by atoms with van der Waals surface area (Å²) in [5, 5.41) is 2.85. The standard InChI is InChI=1S/C22H24N2O3/c1-15(2)27-18-10-7-17(8-11-18)14-20-22(25)24-21(23-20)12-9-16-5-4-6-19(13-16)26-3/h4-8,10-11,13-15H,9,12H2,1-3H3,(H,23,24,25)/b20-14+. The smallest absolute Gasteiger partial charge is 0.275 e. The first kappa shape index (κ1) is 18.7. The number of methoxy groups -OCH3 is 1. The van der Waals surface area contributed by atoms with Crippen LogP contribution in [0.4, 0.5) is 0 Å². The molecule has 2 aromatic carbocycles. The highest BCUT2D eigenvalue weighted by Crippen LogP contribution is 2.19. The highest BCUT2D eigenvalue weighted by molar-refractivity contribution is 6.14. The third kappa shape index (κ3) is 5.20. The van der Waals surface area contributed by atoms with E-state index in [1.165, 1.54) is 0 Å². The van der Waals surface area contributed by atoms with Crippen LogP contribution in [-0.2, 0) is 11.2 Å². The number of aliphatic imine (C=N–C) groups is 1. The van der Waals surface area contributed by atoms with Crippen molar-refractivity contribution in [3.63, 3.8) is 0 Å². The van der Waals surface area contributed by atoms with E-state index in [9.17, 15) is 4.79 Å². The Morgan fingerprint density at radius 2 is 1.85 bits per heavy atom. The Balaban J connectivity index is 1.65. The van der Waals surface area contributed by atoms with Crippen molar-refractivity contribution in [3.05, 3.63) is 65.4 Å². The second-order valence-corrected chi connectivity index (χ2v) is 6.63. The van der Waals surface area contributed by atoms with Crippen molar-refractivity contribution in [3.8, 4) is 11.5 Å². The number of aryl methyl sites for hydroxylation is 1. The maximum absolute atomic E-state index is 12.2. The predicted octanol–water partition coefficient (Wildman–Crippen LogP) is 3.98. The molecule has 1 aliphatic rings. The van der Waals surface area contributed by atoms with Gasteiger partial charge in [0.1, 0.15) is 23.0 Å². The number of amidine groups is 1. The summed E-state index contributed by atoms with van der Waals surface area (Å²) in [6.45, 7) is 3.97. The predicted molar refractivity (Wildman–Crippen MR) is 107 cm³/mol. The molecule has 0 aromatic heterocycles. The molecule has 5 nitrogen and oxygen atoms in total. The number of hydrogen-bond acceptors (Lipinski definition) is 4. The molecule has 0 unspecified atom stereocenters. The van der Waals surface area contributed by atoms with E-state index < -0.39 is 0 Å². The molecule has 3 rings (SSSR count). The molecule has 0 saturated heterocycles. The molecule has 0 fully saturated rings. The van der Waals surface area contributed by atoms with Gasteiger partial charge in [-0.3, -0.25) is 4.79 Å². The second kappa shape index (κ2) is 8.54. The lowest BCUT2D eigenvalue weighted by Crippen LogP contribution is -2.24. The van der Waals surface area contributed by atoms with E-state index in [0.29, 0.717) is 18.0 Å². The number of carbonyl (C=O) groups is 1. The number of rotatable bonds is 7. The number of ether oxygens (including phenoxy) is 2. The first-order chi connectivity index (χ1) is 13.0. The molecular weight excluding hydrogens is 340 g/mol. The molecule has 27 heavy (non-hydrogen) atoms. The zero-order valence-electron chi connectivity index (χ0n) is 15.9. The number of carbonyl (C=O) groups excluding carboxylic acids is 1. The molecule has 1 amide bonds. The fraction of sp³-hybridized carbons (Fsp3) is 0.273. The lowest BCUT2D eigenvalue weighted by Gasteiger charge is -2.09. The Labute approximate surface area is 159 Å². The largest absolute Gasteiger partial charge is 0.497 e. The number of nitrogens with one attached hydrogen (secondary N) is 1. The van der Waals surface area contributed by atoms with Crippen LogP contribution in [0, 0.1) is 0 Å². The minimum absolute atomic E-state index is 0.131. The van der Waals surface area contributed by atoms with Crippen LogP contribution in [0.3, 0.4) is 0 Å². The van der Waals surface area contributed by atoms with Crippen LogP contribution in [0.2, 0.25) is 0 Å². The van der Waals surface area contributed by atoms with Gasteiger partial charge in [-0.15, -0.1) is 0 Å². The summed E-state index contributed by atoms with van der Waals surface area (Å²) >= 11 is 0. The molecule has 0 radical (unpaired) electrons. The van der Waals surface area contributed by atoms with E-state index in [1.54, 1.807) is 13.2 Å². The third-order valence-electron chi connectivity index (χ3n) is 4.09. The first-order valence-electron chi connectivity index (χ1n) is 9.04. The molecule has 0 spiro atoms. The van der Waals surface area contributed by atoms with Gasteiger partial charge in [0.2, 0.25) is 0 Å². The molecule has 0 atom stereocenters. The van der Waals surface area contributed by atoms with Crippen LogP contribution in [0.5, 0.6) is 11.5 Å². The van der Waals surface area contributed by atoms with Crippen LogP contribution in [0.15, 0.2) is 59.2 Å². The molecule has 1 aliphatic heterocycles. The van der Waals surface area contributed by atoms with Gasteiger partial charge in [0.25, 0.3) is 5.91 Å². The van der Waals surface area contributed by atoms with Crippen molar-refractivity contribution >= 4 is 17.8 Å². The SMILES string of the molecule is COc1cccc(CCC2=N/C(=C/c3ccc(OC(C)C)cc3)C(=O)N2)c1. The fourth-order valence-electron chi connectivity index (χ4n) is 2.80. The Hall–Kier alpha value is -3.08. The summed E-state index contributed by atoms with van der Waals surface area (Å²) in [7, 11) is 1.65. The van der Waals surface area contributed by atoms with Crippen molar-refractivity contribution in [1.82, 2.24) is 5.32 Å². The van der Waals surface area contributed by atoms with E-state index in [-0.39, 0.29) is 12.0 Å². The molecule has 1 N–H and O–H groups in total. The van der Waals surface area contributed by atoms with E-state index in [0.717, 1.165) is 29.0 Å². The van der Waals surface area contributed by atoms with Gasteiger partial charge < -0.3 is 14.8 Å². The van der Waals surface area contributed by atoms with E-state index >= 15 is 0 Å². The summed E-state index contributed by atoms with van der Waals surface area (Å²) in [4.78, 5) is 16.6. The minimum Gasteiger partial charge on any atom is -0.497 e. The Morgan fingerprint density at radius 1 is 1.07 bits per heavy atom. The molecule has 0 aliphatic carbocycles. The molecule has 2 aromatic rings. The summed E-state index contributed by atoms with van der Waals surface area (Å²) in [6.07, 6.45) is 3.36. The van der Waals surface area contributed by atoms with Crippen molar-refractivity contribution in [1.29, 1.82) is 0 Å². The topological polar surface area (TPSA) is 59.9 Å². The van der Waals surface area contributed by atoms with Crippen LogP contribution in [0.25, 0.3) is 6.08 Å². The van der Waals surface area contributed by atoms with Gasteiger partial charge >= 0.3 is 0 Å². The van der Waals surface area contributed by atoms with Crippen LogP contribution in [-0.4, -0.2) is 25.0 Å². The quantitative estimate of drug-likeness (QED) is 0.756. The van der Waals surface area contributed by atoms with Gasteiger partial charge in [-0.05, 0) is 61.7 Å². The Kier molecular flexibility index (Phi) is 5.91. The lowest BCUT2D eigenvalue weighted by atomic mass is 10.1. The van der Waals surface area contributed by atoms with Gasteiger partial charge in [0.15, 0.2) is 0 Å². The number of amides is 1. The average molecular weight is 364 g/mol. The van der Waals surface area contributed by atoms with E-state index in [2.05, 4.69) is 10.3 Å². The molecule has 0 bridgehead atoms. The van der Waals surface area contributed by atoms with Crippen molar-refractivity contribution in [2.75, 3.05) is 7.11 Å². The maximum Gasteiger partial charge on any atom is 0.275 e. The zero-order chi connectivity index (χ0) is 19.2. The first-order valence-corrected chi connectivity index (χ1v) is 9.04. The van der Waals surface area contributed by atoms with Gasteiger partial charge in [0, 0.05) is 6.42 Å². The monoisotopic (exact) mass is 364 g/mol. The van der Waals surface area contributed by atoms with Crippen molar-refractivity contribution < 1.29 is 14.3 Å². The normalized spacial score (nSPS) is 15.0. The minimum atomic E-state index is -0.168. The van der Waals surface area contributed by atoms with Crippen molar-refractivity contribution in [2.45, 2.75) is 32.8 Å². The summed E-state index contributed by atoms with van der Waals surface area (Å²) in [5.41, 5.74) is 2.48. The third-order valence-corrected chi connectivity index (χ3v) is 4.09. The van der Waals surface area contributed by atoms with Gasteiger partial charge in [0.05, 0.1) is 13.2 Å². The molecule has 1 heterocycles. The van der Waals surface area contributed by atoms with Gasteiger partial charge in [-0.25, -0.2) is 4.99 Å². The van der Waals surface area contributed by atoms with Gasteiger partial charge in [-0.1, -0.05) is 24.3 Å². The summed E-state index contributed by atoms with van der Waals surface area (Å²) in [5.74, 6) is 2.16. The van der Waals surface area contributed by atoms with E-state index in [1.807, 2.05) is 62.4 Å². The van der Waals surface area contributed by atoms with Crippen molar-refractivity contribution in [2.24, 2.45) is 4.99 Å².